The molecule has 2 heterocycles. The lowest BCUT2D eigenvalue weighted by Crippen LogP contribution is -2.31. The summed E-state index contributed by atoms with van der Waals surface area (Å²) in [5.41, 5.74) is 2.83. The van der Waals surface area contributed by atoms with Gasteiger partial charge in [0.05, 0.1) is 18.7 Å². The topological polar surface area (TPSA) is 51.7 Å². The van der Waals surface area contributed by atoms with Crippen LogP contribution in [0.1, 0.15) is 18.1 Å². The minimum atomic E-state index is -0.0362. The molecular formula is C21H20N2O3. The van der Waals surface area contributed by atoms with Crippen molar-refractivity contribution in [3.63, 3.8) is 0 Å². The Kier molecular flexibility index (Phi) is 4.44. The second-order valence-corrected chi connectivity index (χ2v) is 6.26. The van der Waals surface area contributed by atoms with Gasteiger partial charge in [-0.1, -0.05) is 30.3 Å². The van der Waals surface area contributed by atoms with Crippen LogP contribution in [0.3, 0.4) is 0 Å². The van der Waals surface area contributed by atoms with Crippen LogP contribution in [-0.4, -0.2) is 29.0 Å². The zero-order valence-electron chi connectivity index (χ0n) is 14.6. The fourth-order valence-corrected chi connectivity index (χ4v) is 3.14. The van der Waals surface area contributed by atoms with Crippen LogP contribution in [0.5, 0.6) is 11.6 Å². The van der Waals surface area contributed by atoms with Crippen molar-refractivity contribution in [1.29, 1.82) is 0 Å². The molecule has 1 aliphatic heterocycles. The fourth-order valence-electron chi connectivity index (χ4n) is 3.14. The van der Waals surface area contributed by atoms with E-state index in [1.165, 1.54) is 0 Å². The molecule has 132 valence electrons. The smallest absolute Gasteiger partial charge is 0.261 e. The molecule has 0 saturated heterocycles. The Morgan fingerprint density at radius 3 is 2.81 bits per heavy atom. The van der Waals surface area contributed by atoms with Gasteiger partial charge in [0, 0.05) is 17.5 Å². The summed E-state index contributed by atoms with van der Waals surface area (Å²) in [6.45, 7) is 3.62. The number of pyridine rings is 1. The summed E-state index contributed by atoms with van der Waals surface area (Å²) in [7, 11) is 0. The minimum Gasteiger partial charge on any atom is -0.494 e. The Balaban J connectivity index is 1.67. The lowest BCUT2D eigenvalue weighted by molar-refractivity contribution is -0.133. The predicted molar refractivity (Wildman–Crippen MR) is 99.1 cm³/mol. The number of carbonyl (C=O) groups excluding carboxylic acids is 1. The minimum absolute atomic E-state index is 0.00930. The van der Waals surface area contributed by atoms with Gasteiger partial charge in [-0.2, -0.15) is 0 Å². The maximum absolute atomic E-state index is 12.5. The second-order valence-electron chi connectivity index (χ2n) is 6.26. The Hall–Kier alpha value is -3.08. The number of aromatic nitrogens is 1. The maximum Gasteiger partial charge on any atom is 0.261 e. The van der Waals surface area contributed by atoms with E-state index in [1.807, 2.05) is 61.5 Å². The van der Waals surface area contributed by atoms with Crippen LogP contribution in [0.2, 0.25) is 0 Å². The van der Waals surface area contributed by atoms with E-state index >= 15 is 0 Å². The van der Waals surface area contributed by atoms with E-state index in [-0.39, 0.29) is 12.5 Å². The number of nitrogens with zero attached hydrogens (tertiary/aromatic N) is 2. The third kappa shape index (κ3) is 3.33. The SMILES string of the molecule is CCOc1ccc2nc3c(cc2c1)CN(Cc1ccccc1)C(=O)CO3. The largest absolute Gasteiger partial charge is 0.494 e. The lowest BCUT2D eigenvalue weighted by atomic mass is 10.1. The molecular weight excluding hydrogens is 328 g/mol. The Bertz CT molecular complexity index is 941. The van der Waals surface area contributed by atoms with Gasteiger partial charge in [0.2, 0.25) is 5.88 Å². The molecule has 0 aliphatic carbocycles. The first-order chi connectivity index (χ1) is 12.7. The molecule has 0 N–H and O–H groups in total. The number of fused-ring (bicyclic) bond motifs is 2. The monoisotopic (exact) mass is 348 g/mol. The highest BCUT2D eigenvalue weighted by Crippen LogP contribution is 2.28. The molecule has 1 aromatic heterocycles. The van der Waals surface area contributed by atoms with Crippen molar-refractivity contribution < 1.29 is 14.3 Å². The van der Waals surface area contributed by atoms with Gasteiger partial charge < -0.3 is 14.4 Å². The van der Waals surface area contributed by atoms with Gasteiger partial charge in [0.1, 0.15) is 5.75 Å². The number of amides is 1. The van der Waals surface area contributed by atoms with Gasteiger partial charge in [-0.05, 0) is 36.8 Å². The molecule has 3 aromatic rings. The van der Waals surface area contributed by atoms with Crippen molar-refractivity contribution in [2.24, 2.45) is 0 Å². The molecule has 5 heteroatoms. The van der Waals surface area contributed by atoms with E-state index in [4.69, 9.17) is 9.47 Å². The highest BCUT2D eigenvalue weighted by atomic mass is 16.5. The zero-order valence-corrected chi connectivity index (χ0v) is 14.6. The van der Waals surface area contributed by atoms with Crippen LogP contribution in [0, 0.1) is 0 Å². The van der Waals surface area contributed by atoms with Crippen molar-refractivity contribution in [2.75, 3.05) is 13.2 Å². The van der Waals surface area contributed by atoms with E-state index in [0.29, 0.717) is 25.6 Å². The number of hydrogen-bond acceptors (Lipinski definition) is 4. The van der Waals surface area contributed by atoms with Gasteiger partial charge >= 0.3 is 0 Å². The zero-order chi connectivity index (χ0) is 17.9. The lowest BCUT2D eigenvalue weighted by Gasteiger charge is -2.20. The highest BCUT2D eigenvalue weighted by molar-refractivity contribution is 5.83. The fraction of sp³-hybridized carbons (Fsp3) is 0.238. The number of benzene rings is 2. The first-order valence-electron chi connectivity index (χ1n) is 8.74. The van der Waals surface area contributed by atoms with Crippen LogP contribution in [-0.2, 0) is 17.9 Å². The number of hydrogen-bond donors (Lipinski definition) is 0. The van der Waals surface area contributed by atoms with Crippen LogP contribution >= 0.6 is 0 Å². The highest BCUT2D eigenvalue weighted by Gasteiger charge is 2.23. The van der Waals surface area contributed by atoms with E-state index < -0.39 is 0 Å². The van der Waals surface area contributed by atoms with Crippen LogP contribution < -0.4 is 9.47 Å². The van der Waals surface area contributed by atoms with Crippen molar-refractivity contribution in [3.05, 3.63) is 65.7 Å². The first-order valence-corrected chi connectivity index (χ1v) is 8.74. The summed E-state index contributed by atoms with van der Waals surface area (Å²) in [6.07, 6.45) is 0. The summed E-state index contributed by atoms with van der Waals surface area (Å²) in [5.74, 6) is 1.31. The summed E-state index contributed by atoms with van der Waals surface area (Å²) in [5, 5.41) is 0.979. The molecule has 4 rings (SSSR count). The van der Waals surface area contributed by atoms with Crippen molar-refractivity contribution >= 4 is 16.8 Å². The van der Waals surface area contributed by atoms with E-state index in [1.54, 1.807) is 4.90 Å². The number of rotatable bonds is 4. The Labute approximate surface area is 152 Å². The maximum atomic E-state index is 12.5. The molecule has 0 bridgehead atoms. The average Bonchev–Trinajstić information content (AvgIpc) is 2.80. The van der Waals surface area contributed by atoms with Gasteiger partial charge in [-0.25, -0.2) is 4.98 Å². The summed E-state index contributed by atoms with van der Waals surface area (Å²) >= 11 is 0. The van der Waals surface area contributed by atoms with Gasteiger partial charge in [-0.3, -0.25) is 4.79 Å². The normalized spacial score (nSPS) is 13.9. The molecule has 1 aliphatic rings. The Morgan fingerprint density at radius 1 is 1.15 bits per heavy atom. The molecule has 0 unspecified atom stereocenters. The van der Waals surface area contributed by atoms with Crippen LogP contribution in [0.4, 0.5) is 0 Å². The molecule has 5 nitrogen and oxygen atoms in total. The van der Waals surface area contributed by atoms with E-state index in [9.17, 15) is 4.79 Å². The molecule has 2 aromatic carbocycles. The number of carbonyl (C=O) groups is 1. The van der Waals surface area contributed by atoms with E-state index in [0.717, 1.165) is 27.8 Å². The second kappa shape index (κ2) is 7.04. The van der Waals surface area contributed by atoms with Gasteiger partial charge in [0.25, 0.3) is 5.91 Å². The average molecular weight is 348 g/mol. The molecule has 0 atom stereocenters. The first kappa shape index (κ1) is 16.4. The summed E-state index contributed by atoms with van der Waals surface area (Å²) in [4.78, 5) is 18.9. The molecule has 0 radical (unpaired) electrons. The third-order valence-electron chi connectivity index (χ3n) is 4.40. The molecule has 1 amide bonds. The van der Waals surface area contributed by atoms with Crippen LogP contribution in [0.15, 0.2) is 54.6 Å². The van der Waals surface area contributed by atoms with Crippen LogP contribution in [0.25, 0.3) is 10.9 Å². The molecule has 0 saturated carbocycles. The summed E-state index contributed by atoms with van der Waals surface area (Å²) < 4.78 is 11.3. The van der Waals surface area contributed by atoms with Crippen molar-refractivity contribution in [3.8, 4) is 11.6 Å². The number of ether oxygens (including phenoxy) is 2. The summed E-state index contributed by atoms with van der Waals surface area (Å²) in [6, 6.07) is 17.8. The van der Waals surface area contributed by atoms with E-state index in [2.05, 4.69) is 4.98 Å². The Morgan fingerprint density at radius 2 is 2.00 bits per heavy atom. The predicted octanol–water partition coefficient (Wildman–Crippen LogP) is 3.55. The van der Waals surface area contributed by atoms with Crippen molar-refractivity contribution in [2.45, 2.75) is 20.0 Å². The van der Waals surface area contributed by atoms with Gasteiger partial charge in [0.15, 0.2) is 6.61 Å². The third-order valence-corrected chi connectivity index (χ3v) is 4.40. The quantitative estimate of drug-likeness (QED) is 0.723. The van der Waals surface area contributed by atoms with Gasteiger partial charge in [-0.15, -0.1) is 0 Å². The molecule has 0 spiro atoms. The van der Waals surface area contributed by atoms with Crippen molar-refractivity contribution in [1.82, 2.24) is 9.88 Å². The molecule has 26 heavy (non-hydrogen) atoms. The standard InChI is InChI=1S/C21H20N2O3/c1-2-25-18-8-9-19-16(11-18)10-17-13-23(12-15-6-4-3-5-7-15)20(24)14-26-21(17)22-19/h3-11H,2,12-14H2,1H3. The molecule has 0 fully saturated rings.